The number of carbonyl (C=O) groups excluding carboxylic acids is 1. The molecule has 3 rings (SSSR count). The Balaban J connectivity index is 0.000000438. The zero-order valence-electron chi connectivity index (χ0n) is 16.5. The molecule has 1 fully saturated rings. The van der Waals surface area contributed by atoms with Crippen LogP contribution in [0.2, 0.25) is 0 Å². The Bertz CT molecular complexity index is 719. The molecular weight excluding hydrogens is 384 g/mol. The van der Waals surface area contributed by atoms with Gasteiger partial charge in [-0.25, -0.2) is 9.59 Å². The number of ether oxygens (including phenoxy) is 3. The van der Waals surface area contributed by atoms with Crippen molar-refractivity contribution in [3.63, 3.8) is 0 Å². The SMILES string of the molecule is COC(=O)C(C)CN1CCN(Cc2ccc3c(c2)OCO3)CC1.O=C(O)C(=O)O. The van der Waals surface area contributed by atoms with Crippen LogP contribution in [0.1, 0.15) is 12.5 Å². The summed E-state index contributed by atoms with van der Waals surface area (Å²) in [5, 5.41) is 14.8. The van der Waals surface area contributed by atoms with Crippen LogP contribution in [0.15, 0.2) is 18.2 Å². The summed E-state index contributed by atoms with van der Waals surface area (Å²) in [7, 11) is 1.45. The van der Waals surface area contributed by atoms with Crippen LogP contribution in [0.4, 0.5) is 0 Å². The van der Waals surface area contributed by atoms with E-state index in [-0.39, 0.29) is 11.9 Å². The standard InChI is InChI=1S/C17H24N2O4.C2H2O4/c1-13(17(20)21-2)10-18-5-7-19(8-6-18)11-14-3-4-15-16(9-14)23-12-22-15;3-1(4)2(5)6/h3-4,9,13H,5-8,10-12H2,1-2H3;(H,3,4)(H,5,6). The van der Waals surface area contributed by atoms with Crippen LogP contribution in [-0.2, 0) is 25.7 Å². The Hall–Kier alpha value is -2.85. The monoisotopic (exact) mass is 410 g/mol. The summed E-state index contributed by atoms with van der Waals surface area (Å²) in [6, 6.07) is 6.14. The van der Waals surface area contributed by atoms with E-state index >= 15 is 0 Å². The molecule has 0 bridgehead atoms. The molecule has 0 saturated carbocycles. The first kappa shape index (κ1) is 22.4. The van der Waals surface area contributed by atoms with Crippen molar-refractivity contribution in [1.82, 2.24) is 9.80 Å². The molecule has 1 atom stereocenters. The first-order valence-corrected chi connectivity index (χ1v) is 9.17. The van der Waals surface area contributed by atoms with Crippen molar-refractivity contribution in [3.8, 4) is 11.5 Å². The predicted octanol–water partition coefficient (Wildman–Crippen LogP) is 0.498. The quantitative estimate of drug-likeness (QED) is 0.523. The van der Waals surface area contributed by atoms with Crippen molar-refractivity contribution in [2.24, 2.45) is 5.92 Å². The van der Waals surface area contributed by atoms with Crippen LogP contribution >= 0.6 is 0 Å². The lowest BCUT2D eigenvalue weighted by atomic mass is 10.1. The molecule has 29 heavy (non-hydrogen) atoms. The number of nitrogens with zero attached hydrogens (tertiary/aromatic N) is 2. The van der Waals surface area contributed by atoms with Gasteiger partial charge in [-0.1, -0.05) is 13.0 Å². The van der Waals surface area contributed by atoms with Gasteiger partial charge in [-0.2, -0.15) is 0 Å². The lowest BCUT2D eigenvalue weighted by Gasteiger charge is -2.35. The number of fused-ring (bicyclic) bond motifs is 1. The fourth-order valence-electron chi connectivity index (χ4n) is 3.09. The molecule has 0 amide bonds. The highest BCUT2D eigenvalue weighted by molar-refractivity contribution is 6.27. The van der Waals surface area contributed by atoms with E-state index < -0.39 is 11.9 Å². The summed E-state index contributed by atoms with van der Waals surface area (Å²) < 4.78 is 15.6. The van der Waals surface area contributed by atoms with Gasteiger partial charge in [-0.3, -0.25) is 14.6 Å². The van der Waals surface area contributed by atoms with Crippen molar-refractivity contribution in [2.75, 3.05) is 46.6 Å². The van der Waals surface area contributed by atoms with E-state index in [0.717, 1.165) is 50.8 Å². The molecule has 2 heterocycles. The van der Waals surface area contributed by atoms with Crippen LogP contribution in [0.25, 0.3) is 0 Å². The molecular formula is C19H26N2O8. The molecule has 1 saturated heterocycles. The molecule has 0 aliphatic carbocycles. The molecule has 1 aromatic rings. The molecule has 0 aromatic heterocycles. The molecule has 10 heteroatoms. The molecule has 2 N–H and O–H groups in total. The van der Waals surface area contributed by atoms with E-state index in [1.807, 2.05) is 13.0 Å². The Morgan fingerprint density at radius 2 is 1.62 bits per heavy atom. The van der Waals surface area contributed by atoms with Crippen molar-refractivity contribution in [2.45, 2.75) is 13.5 Å². The minimum atomic E-state index is -1.82. The normalized spacial score (nSPS) is 17.0. The first-order valence-electron chi connectivity index (χ1n) is 9.17. The lowest BCUT2D eigenvalue weighted by Crippen LogP contribution is -2.47. The summed E-state index contributed by atoms with van der Waals surface area (Å²) >= 11 is 0. The van der Waals surface area contributed by atoms with Gasteiger partial charge < -0.3 is 24.4 Å². The van der Waals surface area contributed by atoms with Gasteiger partial charge >= 0.3 is 17.9 Å². The maximum Gasteiger partial charge on any atom is 0.414 e. The summed E-state index contributed by atoms with van der Waals surface area (Å²) in [6.45, 7) is 7.88. The number of carbonyl (C=O) groups is 3. The largest absolute Gasteiger partial charge is 0.473 e. The minimum absolute atomic E-state index is 0.0691. The van der Waals surface area contributed by atoms with Gasteiger partial charge in [-0.05, 0) is 17.7 Å². The fourth-order valence-corrected chi connectivity index (χ4v) is 3.09. The molecule has 1 aromatic carbocycles. The van der Waals surface area contributed by atoms with E-state index in [9.17, 15) is 4.79 Å². The van der Waals surface area contributed by atoms with Gasteiger partial charge in [0, 0.05) is 39.3 Å². The third kappa shape index (κ3) is 6.91. The van der Waals surface area contributed by atoms with Crippen molar-refractivity contribution in [1.29, 1.82) is 0 Å². The molecule has 10 nitrogen and oxygen atoms in total. The van der Waals surface area contributed by atoms with E-state index in [1.54, 1.807) is 0 Å². The van der Waals surface area contributed by atoms with Crippen LogP contribution in [0, 0.1) is 5.92 Å². The summed E-state index contributed by atoms with van der Waals surface area (Å²) in [4.78, 5) is 34.5. The summed E-state index contributed by atoms with van der Waals surface area (Å²) in [6.07, 6.45) is 0. The molecule has 1 unspecified atom stereocenters. The van der Waals surface area contributed by atoms with Crippen molar-refractivity contribution >= 4 is 17.9 Å². The van der Waals surface area contributed by atoms with Gasteiger partial charge in [0.05, 0.1) is 13.0 Å². The number of rotatable bonds is 5. The number of hydrogen-bond donors (Lipinski definition) is 2. The second-order valence-corrected chi connectivity index (χ2v) is 6.80. The minimum Gasteiger partial charge on any atom is -0.473 e. The fraction of sp³-hybridized carbons (Fsp3) is 0.526. The number of piperazine rings is 1. The van der Waals surface area contributed by atoms with E-state index in [1.165, 1.54) is 12.7 Å². The van der Waals surface area contributed by atoms with Crippen LogP contribution in [-0.4, -0.2) is 84.5 Å². The number of benzene rings is 1. The second-order valence-electron chi connectivity index (χ2n) is 6.80. The van der Waals surface area contributed by atoms with Gasteiger partial charge in [0.15, 0.2) is 11.5 Å². The average Bonchev–Trinajstić information content (AvgIpc) is 3.17. The molecule has 0 radical (unpaired) electrons. The maximum absolute atomic E-state index is 11.5. The molecule has 2 aliphatic rings. The van der Waals surface area contributed by atoms with Gasteiger partial charge in [0.1, 0.15) is 0 Å². The molecule has 160 valence electrons. The van der Waals surface area contributed by atoms with E-state index in [0.29, 0.717) is 6.79 Å². The van der Waals surface area contributed by atoms with Gasteiger partial charge in [-0.15, -0.1) is 0 Å². The van der Waals surface area contributed by atoms with Gasteiger partial charge in [0.2, 0.25) is 6.79 Å². The van der Waals surface area contributed by atoms with Gasteiger partial charge in [0.25, 0.3) is 0 Å². The third-order valence-corrected chi connectivity index (χ3v) is 4.63. The first-order chi connectivity index (χ1) is 13.8. The number of methoxy groups -OCH3 is 1. The van der Waals surface area contributed by atoms with Crippen LogP contribution < -0.4 is 9.47 Å². The second kappa shape index (κ2) is 10.6. The Kier molecular flexibility index (Phi) is 8.22. The maximum atomic E-state index is 11.5. The van der Waals surface area contributed by atoms with Crippen LogP contribution in [0.5, 0.6) is 11.5 Å². The predicted molar refractivity (Wildman–Crippen MR) is 101 cm³/mol. The lowest BCUT2D eigenvalue weighted by molar-refractivity contribution is -0.159. The highest BCUT2D eigenvalue weighted by Gasteiger charge is 2.22. The zero-order valence-corrected chi connectivity index (χ0v) is 16.5. The zero-order chi connectivity index (χ0) is 21.4. The topological polar surface area (TPSA) is 126 Å². The molecule has 0 spiro atoms. The summed E-state index contributed by atoms with van der Waals surface area (Å²) in [5.41, 5.74) is 1.24. The number of hydrogen-bond acceptors (Lipinski definition) is 8. The highest BCUT2D eigenvalue weighted by Crippen LogP contribution is 2.32. The van der Waals surface area contributed by atoms with Crippen molar-refractivity contribution in [3.05, 3.63) is 23.8 Å². The number of carboxylic acids is 2. The molecule has 2 aliphatic heterocycles. The van der Waals surface area contributed by atoms with E-state index in [2.05, 4.69) is 21.9 Å². The highest BCUT2D eigenvalue weighted by atomic mass is 16.7. The number of carboxylic acid groups (broad SMARTS) is 2. The Morgan fingerprint density at radius 1 is 1.03 bits per heavy atom. The third-order valence-electron chi connectivity index (χ3n) is 4.63. The average molecular weight is 410 g/mol. The summed E-state index contributed by atoms with van der Waals surface area (Å²) in [5.74, 6) is -2.18. The number of esters is 1. The Labute approximate surface area is 168 Å². The Morgan fingerprint density at radius 3 is 2.21 bits per heavy atom. The van der Waals surface area contributed by atoms with Crippen molar-refractivity contribution < 1.29 is 38.8 Å². The van der Waals surface area contributed by atoms with Crippen LogP contribution in [0.3, 0.4) is 0 Å². The van der Waals surface area contributed by atoms with E-state index in [4.69, 9.17) is 34.0 Å². The smallest absolute Gasteiger partial charge is 0.414 e. The number of aliphatic carboxylic acids is 2.